The van der Waals surface area contributed by atoms with Gasteiger partial charge in [0.1, 0.15) is 0 Å². The summed E-state index contributed by atoms with van der Waals surface area (Å²) in [6.45, 7) is 13.1. The van der Waals surface area contributed by atoms with Gasteiger partial charge < -0.3 is 4.74 Å². The highest BCUT2D eigenvalue weighted by molar-refractivity contribution is 5.69. The van der Waals surface area contributed by atoms with Crippen molar-refractivity contribution in [1.82, 2.24) is 4.90 Å². The van der Waals surface area contributed by atoms with Crippen LogP contribution in [0.1, 0.15) is 90.2 Å². The van der Waals surface area contributed by atoms with Crippen molar-refractivity contribution in [3.63, 3.8) is 0 Å². The van der Waals surface area contributed by atoms with Gasteiger partial charge in [0.2, 0.25) is 0 Å². The van der Waals surface area contributed by atoms with Gasteiger partial charge in [-0.25, -0.2) is 0 Å². The van der Waals surface area contributed by atoms with Gasteiger partial charge in [0.05, 0.1) is 12.2 Å². The van der Waals surface area contributed by atoms with Gasteiger partial charge in [0.15, 0.2) is 0 Å². The Kier molecular flexibility index (Phi) is 10.7. The molecule has 0 heterocycles. The van der Waals surface area contributed by atoms with Crippen LogP contribution in [0.3, 0.4) is 0 Å². The largest absolute Gasteiger partial charge is 0.466 e. The normalized spacial score (nSPS) is 21.7. The van der Waals surface area contributed by atoms with E-state index in [0.717, 1.165) is 50.8 Å². The van der Waals surface area contributed by atoms with Crippen molar-refractivity contribution in [2.45, 2.75) is 91.3 Å². The summed E-state index contributed by atoms with van der Waals surface area (Å²) >= 11 is 0. The Morgan fingerprint density at radius 1 is 1.03 bits per heavy atom. The van der Waals surface area contributed by atoms with Crippen molar-refractivity contribution >= 4 is 5.97 Å². The molecule has 1 aromatic rings. The minimum Gasteiger partial charge on any atom is -0.466 e. The van der Waals surface area contributed by atoms with E-state index in [9.17, 15) is 18.0 Å². The maximum atomic E-state index is 13.1. The van der Waals surface area contributed by atoms with Gasteiger partial charge in [-0.05, 0) is 93.5 Å². The van der Waals surface area contributed by atoms with Crippen LogP contribution in [-0.2, 0) is 15.7 Å². The first-order valence-electron chi connectivity index (χ1n) is 12.6. The fourth-order valence-electron chi connectivity index (χ4n) is 4.89. The second-order valence-electron chi connectivity index (χ2n) is 10.4. The molecule has 1 saturated carbocycles. The topological polar surface area (TPSA) is 29.5 Å². The first-order valence-corrected chi connectivity index (χ1v) is 12.6. The Morgan fingerprint density at radius 2 is 1.61 bits per heavy atom. The maximum Gasteiger partial charge on any atom is 0.416 e. The Morgan fingerprint density at radius 3 is 2.09 bits per heavy atom. The molecule has 1 aliphatic carbocycles. The lowest BCUT2D eigenvalue weighted by atomic mass is 9.72. The Balaban J connectivity index is 2.29. The summed E-state index contributed by atoms with van der Waals surface area (Å²) in [4.78, 5) is 14.7. The first-order chi connectivity index (χ1) is 15.5. The minimum atomic E-state index is -4.34. The smallest absolute Gasteiger partial charge is 0.416 e. The molecule has 6 heteroatoms. The number of nitrogens with zero attached hydrogens (tertiary/aromatic N) is 1. The zero-order chi connectivity index (χ0) is 24.6. The highest BCUT2D eigenvalue weighted by Gasteiger charge is 2.37. The van der Waals surface area contributed by atoms with Crippen LogP contribution in [0.2, 0.25) is 0 Å². The molecule has 1 fully saturated rings. The van der Waals surface area contributed by atoms with Gasteiger partial charge in [0.25, 0.3) is 0 Å². The summed E-state index contributed by atoms with van der Waals surface area (Å²) in [6.07, 6.45) is 0.940. The molecule has 3 nitrogen and oxygen atoms in total. The van der Waals surface area contributed by atoms with Gasteiger partial charge in [0, 0.05) is 12.5 Å². The average molecular weight is 470 g/mol. The van der Waals surface area contributed by atoms with Crippen LogP contribution in [0.5, 0.6) is 0 Å². The number of benzene rings is 1. The van der Waals surface area contributed by atoms with E-state index in [0.29, 0.717) is 24.9 Å². The van der Waals surface area contributed by atoms with Crippen molar-refractivity contribution in [2.24, 2.45) is 17.8 Å². The van der Waals surface area contributed by atoms with E-state index < -0.39 is 11.7 Å². The van der Waals surface area contributed by atoms with Gasteiger partial charge in [-0.1, -0.05) is 39.8 Å². The summed E-state index contributed by atoms with van der Waals surface area (Å²) < 4.78 is 44.6. The van der Waals surface area contributed by atoms with E-state index in [1.807, 2.05) is 0 Å². The molecule has 3 unspecified atom stereocenters. The molecule has 0 radical (unpaired) electrons. The van der Waals surface area contributed by atoms with E-state index in [1.54, 1.807) is 19.1 Å². The number of hydrogen-bond acceptors (Lipinski definition) is 3. The van der Waals surface area contributed by atoms with E-state index in [2.05, 4.69) is 32.6 Å². The quantitative estimate of drug-likeness (QED) is 0.318. The molecule has 0 aliphatic heterocycles. The van der Waals surface area contributed by atoms with Gasteiger partial charge in [-0.15, -0.1) is 0 Å². The number of carbonyl (C=O) groups is 1. The van der Waals surface area contributed by atoms with Gasteiger partial charge >= 0.3 is 12.1 Å². The fraction of sp³-hybridized carbons (Fsp3) is 0.741. The zero-order valence-corrected chi connectivity index (χ0v) is 21.0. The molecule has 0 aromatic heterocycles. The third-order valence-corrected chi connectivity index (χ3v) is 6.81. The summed E-state index contributed by atoms with van der Waals surface area (Å²) in [5.41, 5.74) is 0.332. The van der Waals surface area contributed by atoms with Crippen LogP contribution in [0.25, 0.3) is 0 Å². The van der Waals surface area contributed by atoms with Gasteiger partial charge in [-0.2, -0.15) is 13.2 Å². The molecule has 0 N–H and O–H groups in total. The van der Waals surface area contributed by atoms with Gasteiger partial charge in [-0.3, -0.25) is 9.69 Å². The lowest BCUT2D eigenvalue weighted by Gasteiger charge is -2.43. The second-order valence-corrected chi connectivity index (χ2v) is 10.4. The number of ether oxygens (including phenoxy) is 1. The molecule has 188 valence electrons. The fourth-order valence-corrected chi connectivity index (χ4v) is 4.89. The van der Waals surface area contributed by atoms with Crippen LogP contribution in [0.15, 0.2) is 24.3 Å². The van der Waals surface area contributed by atoms with Crippen molar-refractivity contribution in [3.8, 4) is 0 Å². The summed E-state index contributed by atoms with van der Waals surface area (Å²) in [7, 11) is 0. The molecule has 0 saturated heterocycles. The lowest BCUT2D eigenvalue weighted by molar-refractivity contribution is -0.144. The molecule has 33 heavy (non-hydrogen) atoms. The number of alkyl halides is 3. The maximum absolute atomic E-state index is 13.1. The molecule has 2 rings (SSSR count). The SMILES string of the molecule is CCOC(=O)CC1CCC(N(CCC(C)C)CCC(C)C)C(c2ccc(C(F)(F)F)cc2)C1. The second kappa shape index (κ2) is 12.8. The Hall–Kier alpha value is -1.56. The molecular weight excluding hydrogens is 427 g/mol. The van der Waals surface area contributed by atoms with E-state index in [1.165, 1.54) is 12.1 Å². The van der Waals surface area contributed by atoms with E-state index in [-0.39, 0.29) is 23.8 Å². The summed E-state index contributed by atoms with van der Waals surface area (Å²) in [5, 5.41) is 0. The number of esters is 1. The highest BCUT2D eigenvalue weighted by Crippen LogP contribution is 2.42. The van der Waals surface area contributed by atoms with Crippen LogP contribution < -0.4 is 0 Å². The third kappa shape index (κ3) is 8.95. The molecule has 1 aromatic carbocycles. The minimum absolute atomic E-state index is 0.111. The molecule has 0 amide bonds. The monoisotopic (exact) mass is 469 g/mol. The molecule has 3 atom stereocenters. The van der Waals surface area contributed by atoms with Crippen LogP contribution in [-0.4, -0.2) is 36.6 Å². The van der Waals surface area contributed by atoms with Crippen LogP contribution in [0.4, 0.5) is 13.2 Å². The highest BCUT2D eigenvalue weighted by atomic mass is 19.4. The molecular formula is C27H42F3NO2. The van der Waals surface area contributed by atoms with Crippen molar-refractivity contribution in [1.29, 1.82) is 0 Å². The molecule has 0 spiro atoms. The standard InChI is InChI=1S/C27H42F3NO2/c1-6-33-26(32)18-21-7-12-25(31(15-13-19(2)3)16-14-20(4)5)24(17-21)22-8-10-23(11-9-22)27(28,29)30/h8-11,19-21,24-25H,6-7,12-18H2,1-5H3. The Labute approximate surface area is 198 Å². The lowest BCUT2D eigenvalue weighted by Crippen LogP contribution is -2.44. The zero-order valence-electron chi connectivity index (χ0n) is 21.0. The van der Waals surface area contributed by atoms with E-state index in [4.69, 9.17) is 4.74 Å². The predicted molar refractivity (Wildman–Crippen MR) is 127 cm³/mol. The first kappa shape index (κ1) is 27.7. The van der Waals surface area contributed by atoms with E-state index >= 15 is 0 Å². The summed E-state index contributed by atoms with van der Waals surface area (Å²) in [6, 6.07) is 5.98. The third-order valence-electron chi connectivity index (χ3n) is 6.81. The Bertz CT molecular complexity index is 703. The van der Waals surface area contributed by atoms with Crippen molar-refractivity contribution in [2.75, 3.05) is 19.7 Å². The summed E-state index contributed by atoms with van der Waals surface area (Å²) in [5.74, 6) is 1.32. The predicted octanol–water partition coefficient (Wildman–Crippen LogP) is 7.31. The van der Waals surface area contributed by atoms with Crippen LogP contribution >= 0.6 is 0 Å². The average Bonchev–Trinajstić information content (AvgIpc) is 2.73. The molecule has 1 aliphatic rings. The van der Waals surface area contributed by atoms with Crippen molar-refractivity contribution < 1.29 is 22.7 Å². The van der Waals surface area contributed by atoms with Crippen molar-refractivity contribution in [3.05, 3.63) is 35.4 Å². The number of rotatable bonds is 11. The molecule has 0 bridgehead atoms. The number of halogens is 3. The van der Waals surface area contributed by atoms with Crippen LogP contribution in [0, 0.1) is 17.8 Å². The number of hydrogen-bond donors (Lipinski definition) is 0. The number of carbonyl (C=O) groups excluding carboxylic acids is 1.